The summed E-state index contributed by atoms with van der Waals surface area (Å²) < 4.78 is 0.905. The number of nitrogens with one attached hydrogen (secondary N) is 1. The van der Waals surface area contributed by atoms with Crippen LogP contribution >= 0.6 is 15.9 Å². The van der Waals surface area contributed by atoms with Crippen molar-refractivity contribution in [2.24, 2.45) is 0 Å². The average Bonchev–Trinajstić information content (AvgIpc) is 2.67. The maximum atomic E-state index is 9.26. The number of halogens is 1. The molecule has 1 unspecified atom stereocenters. The Labute approximate surface area is 108 Å². The van der Waals surface area contributed by atoms with E-state index in [2.05, 4.69) is 27.0 Å². The predicted molar refractivity (Wildman–Crippen MR) is 70.7 cm³/mol. The summed E-state index contributed by atoms with van der Waals surface area (Å²) in [7, 11) is 0. The lowest BCUT2D eigenvalue weighted by atomic mass is 10.1. The third-order valence-corrected chi connectivity index (χ3v) is 3.16. The molecule has 0 aliphatic carbocycles. The van der Waals surface area contributed by atoms with Crippen molar-refractivity contribution < 1.29 is 5.11 Å². The first-order valence-electron chi connectivity index (χ1n) is 5.49. The highest BCUT2D eigenvalue weighted by Gasteiger charge is 2.07. The molecule has 0 aliphatic rings. The Morgan fingerprint density at radius 1 is 1.47 bits per heavy atom. The third-order valence-electron chi connectivity index (χ3n) is 2.70. The largest absolute Gasteiger partial charge is 0.393 e. The molecule has 0 amide bonds. The Hall–Kier alpha value is -1.31. The van der Waals surface area contributed by atoms with Crippen molar-refractivity contribution in [3.05, 3.63) is 33.9 Å². The standard InChI is InChI=1S/C13H13BrN2O/c1-8(17)2-3-12-6-9-4-11(14)5-10(7-15)13(9)16-12/h4-6,8,16-17H,2-3H2,1H3. The maximum Gasteiger partial charge on any atom is 0.101 e. The number of rotatable bonds is 3. The molecule has 0 saturated carbocycles. The van der Waals surface area contributed by atoms with Crippen molar-refractivity contribution in [3.63, 3.8) is 0 Å². The summed E-state index contributed by atoms with van der Waals surface area (Å²) in [6.45, 7) is 1.78. The van der Waals surface area contributed by atoms with Crippen LogP contribution in [0.5, 0.6) is 0 Å². The predicted octanol–water partition coefficient (Wildman–Crippen LogP) is 3.12. The van der Waals surface area contributed by atoms with E-state index in [0.717, 1.165) is 33.9 Å². The van der Waals surface area contributed by atoms with E-state index in [9.17, 15) is 5.11 Å². The van der Waals surface area contributed by atoms with Crippen molar-refractivity contribution in [2.75, 3.05) is 0 Å². The van der Waals surface area contributed by atoms with Crippen molar-refractivity contribution in [1.82, 2.24) is 4.98 Å². The zero-order valence-corrected chi connectivity index (χ0v) is 11.1. The molecule has 0 bridgehead atoms. The lowest BCUT2D eigenvalue weighted by Gasteiger charge is -2.00. The molecule has 4 heteroatoms. The van der Waals surface area contributed by atoms with Crippen LogP contribution in [-0.2, 0) is 6.42 Å². The molecule has 0 radical (unpaired) electrons. The first-order valence-corrected chi connectivity index (χ1v) is 6.28. The summed E-state index contributed by atoms with van der Waals surface area (Å²) in [6.07, 6.45) is 1.20. The summed E-state index contributed by atoms with van der Waals surface area (Å²) in [5.41, 5.74) is 2.56. The van der Waals surface area contributed by atoms with Gasteiger partial charge in [-0.2, -0.15) is 5.26 Å². The van der Waals surface area contributed by atoms with Crippen LogP contribution in [0.1, 0.15) is 24.6 Å². The minimum Gasteiger partial charge on any atom is -0.393 e. The molecule has 0 aliphatic heterocycles. The van der Waals surface area contributed by atoms with E-state index in [1.54, 1.807) is 13.0 Å². The molecule has 1 atom stereocenters. The van der Waals surface area contributed by atoms with Gasteiger partial charge in [0.15, 0.2) is 0 Å². The van der Waals surface area contributed by atoms with Crippen molar-refractivity contribution in [2.45, 2.75) is 25.9 Å². The SMILES string of the molecule is CC(O)CCc1cc2cc(Br)cc(C#N)c2[nH]1. The minimum atomic E-state index is -0.302. The fraction of sp³-hybridized carbons (Fsp3) is 0.308. The second-order valence-electron chi connectivity index (χ2n) is 4.21. The number of aryl methyl sites for hydroxylation is 1. The van der Waals surface area contributed by atoms with Gasteiger partial charge in [-0.15, -0.1) is 0 Å². The van der Waals surface area contributed by atoms with Gasteiger partial charge in [0.25, 0.3) is 0 Å². The van der Waals surface area contributed by atoms with Gasteiger partial charge in [0.1, 0.15) is 6.07 Å². The van der Waals surface area contributed by atoms with E-state index in [-0.39, 0.29) is 6.10 Å². The summed E-state index contributed by atoms with van der Waals surface area (Å²) in [4.78, 5) is 3.24. The molecular weight excluding hydrogens is 280 g/mol. The van der Waals surface area contributed by atoms with Gasteiger partial charge >= 0.3 is 0 Å². The topological polar surface area (TPSA) is 59.8 Å². The maximum absolute atomic E-state index is 9.26. The van der Waals surface area contributed by atoms with Crippen LogP contribution in [-0.4, -0.2) is 16.2 Å². The first-order chi connectivity index (χ1) is 8.10. The van der Waals surface area contributed by atoms with Gasteiger partial charge in [0, 0.05) is 15.6 Å². The molecule has 2 aromatic rings. The molecule has 0 fully saturated rings. The highest BCUT2D eigenvalue weighted by molar-refractivity contribution is 9.10. The number of hydrogen-bond acceptors (Lipinski definition) is 2. The van der Waals surface area contributed by atoms with Crippen LogP contribution in [0.4, 0.5) is 0 Å². The van der Waals surface area contributed by atoms with E-state index >= 15 is 0 Å². The van der Waals surface area contributed by atoms with Gasteiger partial charge in [0.05, 0.1) is 17.2 Å². The number of aromatic nitrogens is 1. The number of nitriles is 1. The van der Waals surface area contributed by atoms with Gasteiger partial charge in [-0.25, -0.2) is 0 Å². The van der Waals surface area contributed by atoms with Crippen molar-refractivity contribution in [1.29, 1.82) is 5.26 Å². The second kappa shape index (κ2) is 4.91. The number of H-pyrrole nitrogens is 1. The molecule has 2 rings (SSSR count). The zero-order valence-electron chi connectivity index (χ0n) is 9.50. The van der Waals surface area contributed by atoms with Crippen LogP contribution in [0.15, 0.2) is 22.7 Å². The molecule has 17 heavy (non-hydrogen) atoms. The number of nitrogens with zero attached hydrogens (tertiary/aromatic N) is 1. The fourth-order valence-electron chi connectivity index (χ4n) is 1.85. The third kappa shape index (κ3) is 2.68. The Balaban J connectivity index is 2.40. The highest BCUT2D eigenvalue weighted by atomic mass is 79.9. The lowest BCUT2D eigenvalue weighted by Crippen LogP contribution is -2.01. The van der Waals surface area contributed by atoms with E-state index in [4.69, 9.17) is 5.26 Å². The van der Waals surface area contributed by atoms with Crippen molar-refractivity contribution >= 4 is 26.8 Å². The van der Waals surface area contributed by atoms with Crippen LogP contribution in [0.3, 0.4) is 0 Å². The molecule has 1 heterocycles. The van der Waals surface area contributed by atoms with Crippen LogP contribution in [0, 0.1) is 11.3 Å². The van der Waals surface area contributed by atoms with Crippen molar-refractivity contribution in [3.8, 4) is 6.07 Å². The van der Waals surface area contributed by atoms with E-state index < -0.39 is 0 Å². The Morgan fingerprint density at radius 3 is 2.88 bits per heavy atom. The highest BCUT2D eigenvalue weighted by Crippen LogP contribution is 2.25. The number of benzene rings is 1. The average molecular weight is 293 g/mol. The Kier molecular flexibility index (Phi) is 3.51. The molecule has 2 N–H and O–H groups in total. The monoisotopic (exact) mass is 292 g/mol. The number of aliphatic hydroxyl groups is 1. The molecule has 0 saturated heterocycles. The summed E-state index contributed by atoms with van der Waals surface area (Å²) in [5, 5.41) is 19.3. The Bertz CT molecular complexity index is 581. The van der Waals surface area contributed by atoms with Crippen LogP contribution in [0.25, 0.3) is 10.9 Å². The van der Waals surface area contributed by atoms with Gasteiger partial charge in [-0.05, 0) is 38.0 Å². The summed E-state index contributed by atoms with van der Waals surface area (Å²) in [6, 6.07) is 8.00. The molecule has 1 aromatic heterocycles. The van der Waals surface area contributed by atoms with Gasteiger partial charge < -0.3 is 10.1 Å². The van der Waals surface area contributed by atoms with Gasteiger partial charge in [0.2, 0.25) is 0 Å². The molecular formula is C13H13BrN2O. The zero-order chi connectivity index (χ0) is 12.4. The summed E-state index contributed by atoms with van der Waals surface area (Å²) >= 11 is 3.39. The van der Waals surface area contributed by atoms with E-state index in [1.165, 1.54) is 0 Å². The minimum absolute atomic E-state index is 0.302. The number of hydrogen-bond donors (Lipinski definition) is 2. The van der Waals surface area contributed by atoms with E-state index in [0.29, 0.717) is 5.56 Å². The Morgan fingerprint density at radius 2 is 2.24 bits per heavy atom. The van der Waals surface area contributed by atoms with Crippen LogP contribution in [0.2, 0.25) is 0 Å². The summed E-state index contributed by atoms with van der Waals surface area (Å²) in [5.74, 6) is 0. The quantitative estimate of drug-likeness (QED) is 0.913. The number of fused-ring (bicyclic) bond motifs is 1. The normalized spacial score (nSPS) is 12.6. The van der Waals surface area contributed by atoms with Gasteiger partial charge in [-0.1, -0.05) is 15.9 Å². The molecule has 1 aromatic carbocycles. The number of aromatic amines is 1. The molecule has 88 valence electrons. The fourth-order valence-corrected chi connectivity index (χ4v) is 2.33. The second-order valence-corrected chi connectivity index (χ2v) is 5.13. The molecule has 3 nitrogen and oxygen atoms in total. The first kappa shape index (κ1) is 12.2. The van der Waals surface area contributed by atoms with Crippen LogP contribution < -0.4 is 0 Å². The molecule has 0 spiro atoms. The smallest absolute Gasteiger partial charge is 0.101 e. The lowest BCUT2D eigenvalue weighted by molar-refractivity contribution is 0.184. The van der Waals surface area contributed by atoms with Gasteiger partial charge in [-0.3, -0.25) is 0 Å². The van der Waals surface area contributed by atoms with E-state index in [1.807, 2.05) is 12.1 Å². The number of aliphatic hydroxyl groups excluding tert-OH is 1.